The summed E-state index contributed by atoms with van der Waals surface area (Å²) in [6.07, 6.45) is 0. The molecule has 0 amide bonds. The third-order valence-electron chi connectivity index (χ3n) is 3.66. The smallest absolute Gasteiger partial charge is 0.194 e. The molecule has 0 unspecified atom stereocenters. The van der Waals surface area contributed by atoms with E-state index in [-0.39, 0.29) is 24.0 Å². The van der Waals surface area contributed by atoms with Crippen LogP contribution in [0.1, 0.15) is 28.8 Å². The minimum Gasteiger partial charge on any atom is -0.357 e. The van der Waals surface area contributed by atoms with Gasteiger partial charge in [-0.2, -0.15) is 0 Å². The van der Waals surface area contributed by atoms with E-state index in [0.717, 1.165) is 36.3 Å². The normalized spacial score (nSPS) is 11.4. The molecule has 144 valence electrons. The van der Waals surface area contributed by atoms with Crippen LogP contribution in [-0.2, 0) is 19.6 Å². The third kappa shape index (κ3) is 7.59. The highest BCUT2D eigenvalue weighted by atomic mass is 127. The molecule has 2 rings (SSSR count). The van der Waals surface area contributed by atoms with Crippen molar-refractivity contribution in [3.63, 3.8) is 0 Å². The third-order valence-corrected chi connectivity index (χ3v) is 4.49. The van der Waals surface area contributed by atoms with Crippen LogP contribution in [0.15, 0.2) is 34.6 Å². The Hall–Kier alpha value is -1.19. The van der Waals surface area contributed by atoms with E-state index in [2.05, 4.69) is 77.8 Å². The van der Waals surface area contributed by atoms with Crippen LogP contribution in [0, 0.1) is 6.92 Å². The number of benzene rings is 1. The second kappa shape index (κ2) is 11.5. The maximum atomic E-state index is 4.80. The first kappa shape index (κ1) is 22.9. The largest absolute Gasteiger partial charge is 0.357 e. The van der Waals surface area contributed by atoms with E-state index in [1.807, 2.05) is 6.92 Å². The molecule has 0 fully saturated rings. The summed E-state index contributed by atoms with van der Waals surface area (Å²) in [6.45, 7) is 7.35. The summed E-state index contributed by atoms with van der Waals surface area (Å²) in [5, 5.41) is 6.58. The highest BCUT2D eigenvalue weighted by Gasteiger charge is 2.08. The standard InChI is InChI=1S/C19H29N5S.HI/c1-6-20-19(24(5)13-18-14-25-15(2)22-18)21-11-16-8-7-9-17(10-16)12-23(3)4;/h7-10,14H,6,11-13H2,1-5H3,(H,20,21);1H. The number of hydrogen-bond donors (Lipinski definition) is 1. The van der Waals surface area contributed by atoms with Gasteiger partial charge in [0.05, 0.1) is 23.8 Å². The van der Waals surface area contributed by atoms with Gasteiger partial charge in [-0.3, -0.25) is 0 Å². The van der Waals surface area contributed by atoms with Crippen LogP contribution in [0.5, 0.6) is 0 Å². The average molecular weight is 487 g/mol. The Morgan fingerprint density at radius 1 is 1.19 bits per heavy atom. The first-order chi connectivity index (χ1) is 12.0. The summed E-state index contributed by atoms with van der Waals surface area (Å²) in [4.78, 5) is 13.6. The van der Waals surface area contributed by atoms with Gasteiger partial charge >= 0.3 is 0 Å². The number of halogens is 1. The summed E-state index contributed by atoms with van der Waals surface area (Å²) in [5.41, 5.74) is 3.63. The second-order valence-corrected chi connectivity index (χ2v) is 7.50. The number of nitrogens with zero attached hydrogens (tertiary/aromatic N) is 4. The van der Waals surface area contributed by atoms with Crippen molar-refractivity contribution in [1.82, 2.24) is 20.1 Å². The van der Waals surface area contributed by atoms with Crippen molar-refractivity contribution >= 4 is 41.3 Å². The zero-order valence-corrected chi connectivity index (χ0v) is 19.5. The van der Waals surface area contributed by atoms with Crippen LogP contribution >= 0.6 is 35.3 Å². The van der Waals surface area contributed by atoms with E-state index in [1.165, 1.54) is 11.1 Å². The van der Waals surface area contributed by atoms with Gasteiger partial charge in [0.25, 0.3) is 0 Å². The summed E-state index contributed by atoms with van der Waals surface area (Å²) in [7, 11) is 6.23. The van der Waals surface area contributed by atoms with Gasteiger partial charge in [0.1, 0.15) is 0 Å². The quantitative estimate of drug-likeness (QED) is 0.367. The molecule has 7 heteroatoms. The molecule has 5 nitrogen and oxygen atoms in total. The Balaban J connectivity index is 0.00000338. The van der Waals surface area contributed by atoms with Crippen molar-refractivity contribution in [2.75, 3.05) is 27.7 Å². The zero-order valence-electron chi connectivity index (χ0n) is 16.3. The zero-order chi connectivity index (χ0) is 18.2. The lowest BCUT2D eigenvalue weighted by Crippen LogP contribution is -2.38. The van der Waals surface area contributed by atoms with E-state index in [1.54, 1.807) is 11.3 Å². The second-order valence-electron chi connectivity index (χ2n) is 6.44. The number of thiazole rings is 1. The van der Waals surface area contributed by atoms with Crippen LogP contribution < -0.4 is 5.32 Å². The minimum atomic E-state index is 0. The number of rotatable bonds is 7. The predicted molar refractivity (Wildman–Crippen MR) is 122 cm³/mol. The molecule has 1 aromatic heterocycles. The van der Waals surface area contributed by atoms with Crippen molar-refractivity contribution in [3.05, 3.63) is 51.5 Å². The number of guanidine groups is 1. The van der Waals surface area contributed by atoms with Gasteiger partial charge in [-0.15, -0.1) is 35.3 Å². The van der Waals surface area contributed by atoms with Gasteiger partial charge in [0.2, 0.25) is 0 Å². The van der Waals surface area contributed by atoms with Gasteiger partial charge in [-0.1, -0.05) is 24.3 Å². The molecule has 0 atom stereocenters. The topological polar surface area (TPSA) is 43.8 Å². The number of hydrogen-bond acceptors (Lipinski definition) is 4. The Morgan fingerprint density at radius 3 is 2.54 bits per heavy atom. The first-order valence-corrected chi connectivity index (χ1v) is 9.49. The highest BCUT2D eigenvalue weighted by Crippen LogP contribution is 2.11. The molecule has 0 spiro atoms. The summed E-state index contributed by atoms with van der Waals surface area (Å²) in [5.74, 6) is 0.908. The van der Waals surface area contributed by atoms with E-state index in [9.17, 15) is 0 Å². The predicted octanol–water partition coefficient (Wildman–Crippen LogP) is 3.73. The van der Waals surface area contributed by atoms with Crippen molar-refractivity contribution in [2.45, 2.75) is 33.5 Å². The molecule has 0 radical (unpaired) electrons. The Morgan fingerprint density at radius 2 is 1.92 bits per heavy atom. The molecule has 0 saturated carbocycles. The van der Waals surface area contributed by atoms with Crippen LogP contribution in [0.3, 0.4) is 0 Å². The minimum absolute atomic E-state index is 0. The highest BCUT2D eigenvalue weighted by molar-refractivity contribution is 14.0. The summed E-state index contributed by atoms with van der Waals surface area (Å²) in [6, 6.07) is 8.64. The van der Waals surface area contributed by atoms with Crippen LogP contribution in [-0.4, -0.2) is 48.4 Å². The molecule has 1 N–H and O–H groups in total. The molecular formula is C19H30IN5S. The maximum Gasteiger partial charge on any atom is 0.194 e. The van der Waals surface area contributed by atoms with Crippen LogP contribution in [0.2, 0.25) is 0 Å². The number of aliphatic imine (C=N–C) groups is 1. The average Bonchev–Trinajstić information content (AvgIpc) is 2.96. The Labute approximate surface area is 178 Å². The van der Waals surface area contributed by atoms with Crippen molar-refractivity contribution < 1.29 is 0 Å². The van der Waals surface area contributed by atoms with E-state index in [0.29, 0.717) is 6.54 Å². The maximum absolute atomic E-state index is 4.80. The van der Waals surface area contributed by atoms with E-state index in [4.69, 9.17) is 4.99 Å². The fourth-order valence-electron chi connectivity index (χ4n) is 2.63. The number of aryl methyl sites for hydroxylation is 1. The SMILES string of the molecule is CCNC(=NCc1cccc(CN(C)C)c1)N(C)Cc1csc(C)n1.I. The molecule has 0 aliphatic heterocycles. The van der Waals surface area contributed by atoms with Gasteiger partial charge in [0, 0.05) is 25.5 Å². The fourth-order valence-corrected chi connectivity index (χ4v) is 3.23. The molecule has 0 aliphatic carbocycles. The monoisotopic (exact) mass is 487 g/mol. The van der Waals surface area contributed by atoms with Crippen molar-refractivity contribution in [1.29, 1.82) is 0 Å². The molecule has 0 bridgehead atoms. The molecule has 0 aliphatic rings. The molecule has 0 saturated heterocycles. The molecule has 1 heterocycles. The lowest BCUT2D eigenvalue weighted by atomic mass is 10.1. The first-order valence-electron chi connectivity index (χ1n) is 8.61. The lowest BCUT2D eigenvalue weighted by Gasteiger charge is -2.21. The number of nitrogens with one attached hydrogen (secondary N) is 1. The lowest BCUT2D eigenvalue weighted by molar-refractivity contribution is 0.402. The van der Waals surface area contributed by atoms with E-state index >= 15 is 0 Å². The molecule has 1 aromatic carbocycles. The van der Waals surface area contributed by atoms with Gasteiger partial charge < -0.3 is 15.1 Å². The fraction of sp³-hybridized carbons (Fsp3) is 0.474. The molecule has 2 aromatic rings. The van der Waals surface area contributed by atoms with Gasteiger partial charge in [-0.25, -0.2) is 9.98 Å². The van der Waals surface area contributed by atoms with Gasteiger partial charge in [0.15, 0.2) is 5.96 Å². The van der Waals surface area contributed by atoms with Gasteiger partial charge in [-0.05, 0) is 39.1 Å². The Kier molecular flexibility index (Phi) is 10.1. The molecule has 26 heavy (non-hydrogen) atoms. The van der Waals surface area contributed by atoms with Crippen molar-refractivity contribution in [2.24, 2.45) is 4.99 Å². The number of aromatic nitrogens is 1. The summed E-state index contributed by atoms with van der Waals surface area (Å²) >= 11 is 1.69. The van der Waals surface area contributed by atoms with Crippen LogP contribution in [0.25, 0.3) is 0 Å². The van der Waals surface area contributed by atoms with Crippen molar-refractivity contribution in [3.8, 4) is 0 Å². The van der Waals surface area contributed by atoms with E-state index < -0.39 is 0 Å². The molecular weight excluding hydrogens is 457 g/mol. The Bertz CT molecular complexity index is 699. The van der Waals surface area contributed by atoms with Crippen LogP contribution in [0.4, 0.5) is 0 Å². The summed E-state index contributed by atoms with van der Waals surface area (Å²) < 4.78 is 0.